The molecule has 1 unspecified atom stereocenters. The van der Waals surface area contributed by atoms with Gasteiger partial charge in [-0.05, 0) is 42.8 Å². The van der Waals surface area contributed by atoms with E-state index in [-0.39, 0.29) is 11.8 Å². The highest BCUT2D eigenvalue weighted by Gasteiger charge is 2.13. The Kier molecular flexibility index (Phi) is 8.25. The second kappa shape index (κ2) is 10.7. The van der Waals surface area contributed by atoms with Gasteiger partial charge in [0.15, 0.2) is 0 Å². The molecule has 0 fully saturated rings. The molecule has 0 bridgehead atoms. The van der Waals surface area contributed by atoms with Gasteiger partial charge in [0, 0.05) is 28.3 Å². The zero-order valence-corrected chi connectivity index (χ0v) is 16.0. The quantitative estimate of drug-likeness (QED) is 0.411. The summed E-state index contributed by atoms with van der Waals surface area (Å²) in [4.78, 5) is 25.0. The Labute approximate surface area is 163 Å². The molecule has 2 N–H and O–H groups in total. The summed E-state index contributed by atoms with van der Waals surface area (Å²) < 4.78 is 0. The van der Waals surface area contributed by atoms with Crippen molar-refractivity contribution in [2.45, 2.75) is 17.9 Å². The molecule has 0 radical (unpaired) electrons. The number of carbonyl (C=O) groups is 2. The summed E-state index contributed by atoms with van der Waals surface area (Å²) >= 11 is 7.47. The van der Waals surface area contributed by atoms with Crippen molar-refractivity contribution >= 4 is 41.3 Å². The van der Waals surface area contributed by atoms with Crippen LogP contribution in [0.1, 0.15) is 12.5 Å². The molecule has 0 aromatic heterocycles. The number of halogens is 1. The second-order valence-corrected chi connectivity index (χ2v) is 7.17. The van der Waals surface area contributed by atoms with E-state index in [0.29, 0.717) is 11.6 Å². The summed E-state index contributed by atoms with van der Waals surface area (Å²) in [5, 5.41) is 6.18. The van der Waals surface area contributed by atoms with E-state index in [1.54, 1.807) is 24.8 Å². The lowest BCUT2D eigenvalue weighted by atomic mass is 10.2. The average Bonchev–Trinajstić information content (AvgIpc) is 2.65. The maximum Gasteiger partial charge on any atom is 0.244 e. The fourth-order valence-electron chi connectivity index (χ4n) is 2.09. The minimum Gasteiger partial charge on any atom is -0.353 e. The van der Waals surface area contributed by atoms with Crippen LogP contribution in [0, 0.1) is 0 Å². The molecule has 136 valence electrons. The Morgan fingerprint density at radius 1 is 1.12 bits per heavy atom. The van der Waals surface area contributed by atoms with Gasteiger partial charge in [0.2, 0.25) is 11.8 Å². The number of nitrogens with one attached hydrogen (secondary N) is 2. The van der Waals surface area contributed by atoms with Gasteiger partial charge in [-0.15, -0.1) is 11.8 Å². The van der Waals surface area contributed by atoms with E-state index >= 15 is 0 Å². The Hall–Kier alpha value is -2.24. The Balaban J connectivity index is 1.67. The summed E-state index contributed by atoms with van der Waals surface area (Å²) in [6, 6.07) is 16.5. The van der Waals surface area contributed by atoms with Gasteiger partial charge in [0.25, 0.3) is 0 Å². The van der Waals surface area contributed by atoms with Crippen molar-refractivity contribution in [3.63, 3.8) is 0 Å². The van der Waals surface area contributed by atoms with Crippen molar-refractivity contribution < 1.29 is 9.59 Å². The first kappa shape index (κ1) is 20.1. The van der Waals surface area contributed by atoms with Crippen molar-refractivity contribution in [2.75, 3.05) is 12.3 Å². The molecule has 0 saturated heterocycles. The zero-order valence-electron chi connectivity index (χ0n) is 14.4. The predicted molar refractivity (Wildman–Crippen MR) is 108 cm³/mol. The Bertz CT molecular complexity index is 748. The molecule has 0 aliphatic rings. The highest BCUT2D eigenvalue weighted by Crippen LogP contribution is 2.19. The van der Waals surface area contributed by atoms with Crippen LogP contribution in [-0.2, 0) is 9.59 Å². The topological polar surface area (TPSA) is 58.2 Å². The first-order valence-corrected chi connectivity index (χ1v) is 9.60. The third-order valence-electron chi connectivity index (χ3n) is 3.46. The molecule has 26 heavy (non-hydrogen) atoms. The normalized spacial score (nSPS) is 11.9. The van der Waals surface area contributed by atoms with Crippen LogP contribution in [0.2, 0.25) is 5.02 Å². The predicted octanol–water partition coefficient (Wildman–Crippen LogP) is 3.77. The van der Waals surface area contributed by atoms with Crippen LogP contribution in [0.25, 0.3) is 6.08 Å². The van der Waals surface area contributed by atoms with E-state index in [9.17, 15) is 9.59 Å². The van der Waals surface area contributed by atoms with Gasteiger partial charge < -0.3 is 10.6 Å². The van der Waals surface area contributed by atoms with Crippen LogP contribution in [0.4, 0.5) is 0 Å². The lowest BCUT2D eigenvalue weighted by molar-refractivity contribution is -0.126. The molecular formula is C20H21ClN2O2S. The third kappa shape index (κ3) is 7.33. The van der Waals surface area contributed by atoms with E-state index < -0.39 is 6.04 Å². The number of benzene rings is 2. The number of rotatable bonds is 8. The molecule has 2 amide bonds. The van der Waals surface area contributed by atoms with Gasteiger partial charge in [-0.2, -0.15) is 0 Å². The maximum absolute atomic E-state index is 12.0. The van der Waals surface area contributed by atoms with E-state index in [2.05, 4.69) is 10.6 Å². The molecule has 0 saturated carbocycles. The Morgan fingerprint density at radius 2 is 1.81 bits per heavy atom. The van der Waals surface area contributed by atoms with E-state index in [0.717, 1.165) is 16.2 Å². The Morgan fingerprint density at radius 3 is 2.50 bits per heavy atom. The number of carbonyl (C=O) groups excluding carboxylic acids is 2. The summed E-state index contributed by atoms with van der Waals surface area (Å²) in [5.74, 6) is 0.234. The van der Waals surface area contributed by atoms with Crippen molar-refractivity contribution in [2.24, 2.45) is 0 Å². The molecule has 0 spiro atoms. The van der Waals surface area contributed by atoms with Crippen molar-refractivity contribution in [3.8, 4) is 0 Å². The van der Waals surface area contributed by atoms with Crippen LogP contribution >= 0.6 is 23.4 Å². The smallest absolute Gasteiger partial charge is 0.244 e. The fourth-order valence-corrected chi connectivity index (χ4v) is 2.98. The van der Waals surface area contributed by atoms with E-state index in [1.807, 2.05) is 54.6 Å². The van der Waals surface area contributed by atoms with E-state index in [4.69, 9.17) is 11.6 Å². The fraction of sp³-hybridized carbons (Fsp3) is 0.200. The molecule has 2 rings (SSSR count). The first-order valence-electron chi connectivity index (χ1n) is 8.24. The van der Waals surface area contributed by atoms with Crippen molar-refractivity contribution in [3.05, 3.63) is 71.3 Å². The van der Waals surface area contributed by atoms with Crippen molar-refractivity contribution in [1.29, 1.82) is 0 Å². The molecule has 2 aromatic rings. The van der Waals surface area contributed by atoms with E-state index in [1.165, 1.54) is 6.08 Å². The summed E-state index contributed by atoms with van der Waals surface area (Å²) in [6.07, 6.45) is 3.14. The van der Waals surface area contributed by atoms with Gasteiger partial charge in [0.05, 0.1) is 0 Å². The summed E-state index contributed by atoms with van der Waals surface area (Å²) in [7, 11) is 0. The number of thioether (sulfide) groups is 1. The van der Waals surface area contributed by atoms with Crippen molar-refractivity contribution in [1.82, 2.24) is 10.6 Å². The van der Waals surface area contributed by atoms with Gasteiger partial charge in [-0.1, -0.05) is 41.9 Å². The first-order chi connectivity index (χ1) is 12.5. The number of hydrogen-bond donors (Lipinski definition) is 2. The molecule has 0 aliphatic carbocycles. The van der Waals surface area contributed by atoms with Crippen LogP contribution < -0.4 is 10.6 Å². The van der Waals surface area contributed by atoms with Gasteiger partial charge in [0.1, 0.15) is 6.04 Å². The minimum absolute atomic E-state index is 0.205. The molecular weight excluding hydrogens is 368 g/mol. The molecule has 2 aromatic carbocycles. The summed E-state index contributed by atoms with van der Waals surface area (Å²) in [5.41, 5.74) is 0.930. The summed E-state index contributed by atoms with van der Waals surface area (Å²) in [6.45, 7) is 2.18. The monoisotopic (exact) mass is 388 g/mol. The molecule has 6 heteroatoms. The number of hydrogen-bond acceptors (Lipinski definition) is 3. The van der Waals surface area contributed by atoms with Crippen LogP contribution in [-0.4, -0.2) is 30.2 Å². The highest BCUT2D eigenvalue weighted by atomic mass is 35.5. The number of amides is 2. The van der Waals surface area contributed by atoms with Crippen LogP contribution in [0.3, 0.4) is 0 Å². The lowest BCUT2D eigenvalue weighted by Crippen LogP contribution is -2.44. The third-order valence-corrected chi connectivity index (χ3v) is 4.73. The molecule has 4 nitrogen and oxygen atoms in total. The van der Waals surface area contributed by atoms with Crippen LogP contribution in [0.5, 0.6) is 0 Å². The lowest BCUT2D eigenvalue weighted by Gasteiger charge is -2.12. The SMILES string of the molecule is CC(NC(=O)/C=C/c1ccccc1)C(=O)NCCSc1ccc(Cl)cc1. The van der Waals surface area contributed by atoms with Gasteiger partial charge in [-0.25, -0.2) is 0 Å². The largest absolute Gasteiger partial charge is 0.353 e. The van der Waals surface area contributed by atoms with Gasteiger partial charge >= 0.3 is 0 Å². The van der Waals surface area contributed by atoms with Gasteiger partial charge in [-0.3, -0.25) is 9.59 Å². The second-order valence-electron chi connectivity index (χ2n) is 5.57. The molecule has 1 atom stereocenters. The minimum atomic E-state index is -0.594. The standard InChI is InChI=1S/C20H21ClN2O2S/c1-15(23-19(24)12-7-16-5-3-2-4-6-16)20(25)22-13-14-26-18-10-8-17(21)9-11-18/h2-12,15H,13-14H2,1H3,(H,22,25)(H,23,24)/b12-7+. The zero-order chi connectivity index (χ0) is 18.8. The molecule has 0 aliphatic heterocycles. The maximum atomic E-state index is 12.0. The average molecular weight is 389 g/mol. The highest BCUT2D eigenvalue weighted by molar-refractivity contribution is 7.99. The van der Waals surface area contributed by atoms with Crippen LogP contribution in [0.15, 0.2) is 65.6 Å². The molecule has 0 heterocycles.